The topological polar surface area (TPSA) is 32.3 Å². The first kappa shape index (κ1) is 15.6. The van der Waals surface area contributed by atoms with E-state index in [1.54, 1.807) is 0 Å². The fourth-order valence-electron chi connectivity index (χ4n) is 3.64. The van der Waals surface area contributed by atoms with Crippen LogP contribution in [0.4, 0.5) is 0 Å². The molecule has 20 heavy (non-hydrogen) atoms. The summed E-state index contributed by atoms with van der Waals surface area (Å²) in [5.74, 6) is 0.574. The lowest BCUT2D eigenvalue weighted by atomic mass is 9.68. The van der Waals surface area contributed by atoms with Crippen molar-refractivity contribution < 1.29 is 4.79 Å². The molecule has 110 valence electrons. The van der Waals surface area contributed by atoms with Crippen molar-refractivity contribution in [2.24, 2.45) is 5.41 Å². The van der Waals surface area contributed by atoms with Crippen molar-refractivity contribution in [3.8, 4) is 0 Å². The molecule has 0 radical (unpaired) electrons. The number of halogens is 2. The minimum Gasteiger partial charge on any atom is -0.345 e. The fraction of sp³-hybridized carbons (Fsp3) is 0.533. The Morgan fingerprint density at radius 2 is 2.05 bits per heavy atom. The molecule has 1 aromatic rings. The Hall–Kier alpha value is -0.770. The normalized spacial score (nSPS) is 24.8. The van der Waals surface area contributed by atoms with E-state index in [0.717, 1.165) is 37.5 Å². The Bertz CT molecular complexity index is 500. The van der Waals surface area contributed by atoms with Crippen molar-refractivity contribution >= 4 is 29.9 Å². The second-order valence-corrected chi connectivity index (χ2v) is 6.14. The van der Waals surface area contributed by atoms with Crippen LogP contribution in [0.5, 0.6) is 0 Å². The lowest BCUT2D eigenvalue weighted by Gasteiger charge is -2.36. The maximum absolute atomic E-state index is 12.6. The van der Waals surface area contributed by atoms with Gasteiger partial charge in [-0.25, -0.2) is 0 Å². The first-order chi connectivity index (χ1) is 9.13. The molecule has 1 spiro atoms. The number of hydrogen-bond donors (Lipinski definition) is 1. The van der Waals surface area contributed by atoms with E-state index in [0.29, 0.717) is 5.91 Å². The number of amides is 1. The number of carbonyl (C=O) groups is 1. The minimum absolute atomic E-state index is 0. The number of likely N-dealkylation sites (tertiary alicyclic amines) is 1. The molecule has 1 unspecified atom stereocenters. The third kappa shape index (κ3) is 2.43. The van der Waals surface area contributed by atoms with Crippen LogP contribution in [0.2, 0.25) is 5.02 Å². The van der Waals surface area contributed by atoms with Crippen molar-refractivity contribution in [3.63, 3.8) is 0 Å². The molecular weight excluding hydrogens is 295 g/mol. The summed E-state index contributed by atoms with van der Waals surface area (Å²) in [6.07, 6.45) is 1.85. The van der Waals surface area contributed by atoms with E-state index in [2.05, 4.69) is 11.4 Å². The van der Waals surface area contributed by atoms with Crippen LogP contribution < -0.4 is 5.32 Å². The molecule has 1 aromatic carbocycles. The number of nitrogens with one attached hydrogen (secondary N) is 1. The largest absolute Gasteiger partial charge is 0.345 e. The predicted molar refractivity (Wildman–Crippen MR) is 83.6 cm³/mol. The molecule has 3 rings (SSSR count). The molecule has 1 atom stereocenters. The second kappa shape index (κ2) is 5.92. The van der Waals surface area contributed by atoms with Crippen LogP contribution in [0.1, 0.15) is 24.3 Å². The molecule has 0 aliphatic carbocycles. The van der Waals surface area contributed by atoms with Crippen LogP contribution in [-0.4, -0.2) is 37.5 Å². The molecule has 0 saturated carbocycles. The molecule has 5 heteroatoms. The zero-order valence-corrected chi connectivity index (χ0v) is 13.1. The van der Waals surface area contributed by atoms with E-state index in [9.17, 15) is 4.79 Å². The van der Waals surface area contributed by atoms with E-state index < -0.39 is 0 Å². The summed E-state index contributed by atoms with van der Waals surface area (Å²) in [5.41, 5.74) is 0.983. The number of piperidine rings is 1. The van der Waals surface area contributed by atoms with Gasteiger partial charge in [0.25, 0.3) is 0 Å². The highest BCUT2D eigenvalue weighted by atomic mass is 35.5. The smallest absolute Gasteiger partial charge is 0.229 e. The van der Waals surface area contributed by atoms with Crippen LogP contribution >= 0.6 is 24.0 Å². The van der Waals surface area contributed by atoms with Crippen molar-refractivity contribution in [1.82, 2.24) is 10.2 Å². The summed E-state index contributed by atoms with van der Waals surface area (Å²) in [7, 11) is 1.91. The number of rotatable bonds is 1. The van der Waals surface area contributed by atoms with Crippen LogP contribution in [-0.2, 0) is 4.79 Å². The molecule has 2 heterocycles. The van der Waals surface area contributed by atoms with Gasteiger partial charge in [-0.2, -0.15) is 0 Å². The van der Waals surface area contributed by atoms with Crippen LogP contribution in [0.25, 0.3) is 0 Å². The van der Waals surface area contributed by atoms with E-state index in [-0.39, 0.29) is 23.7 Å². The van der Waals surface area contributed by atoms with Gasteiger partial charge in [0.15, 0.2) is 0 Å². The van der Waals surface area contributed by atoms with Gasteiger partial charge in [-0.3, -0.25) is 4.79 Å². The average molecular weight is 315 g/mol. The summed E-state index contributed by atoms with van der Waals surface area (Å²) in [5, 5.41) is 4.11. The van der Waals surface area contributed by atoms with Gasteiger partial charge in [-0.05, 0) is 43.6 Å². The van der Waals surface area contributed by atoms with Crippen LogP contribution in [0.3, 0.4) is 0 Å². The lowest BCUT2D eigenvalue weighted by Crippen LogP contribution is -2.44. The average Bonchev–Trinajstić information content (AvgIpc) is 2.65. The number of hydrogen-bond acceptors (Lipinski definition) is 2. The van der Waals surface area contributed by atoms with Crippen molar-refractivity contribution in [2.75, 3.05) is 26.7 Å². The molecule has 0 aromatic heterocycles. The van der Waals surface area contributed by atoms with Gasteiger partial charge in [-0.1, -0.05) is 23.7 Å². The number of nitrogens with zero attached hydrogens (tertiary/aromatic N) is 1. The lowest BCUT2D eigenvalue weighted by molar-refractivity contribution is -0.136. The Morgan fingerprint density at radius 3 is 2.70 bits per heavy atom. The van der Waals surface area contributed by atoms with Crippen molar-refractivity contribution in [3.05, 3.63) is 34.9 Å². The zero-order chi connectivity index (χ0) is 13.5. The highest BCUT2D eigenvalue weighted by Crippen LogP contribution is 2.49. The summed E-state index contributed by atoms with van der Waals surface area (Å²) < 4.78 is 0. The maximum Gasteiger partial charge on any atom is 0.229 e. The van der Waals surface area contributed by atoms with Gasteiger partial charge < -0.3 is 10.2 Å². The quantitative estimate of drug-likeness (QED) is 0.864. The van der Waals surface area contributed by atoms with Crippen molar-refractivity contribution in [2.45, 2.75) is 18.8 Å². The van der Waals surface area contributed by atoms with Crippen LogP contribution in [0.15, 0.2) is 24.3 Å². The number of likely N-dealkylation sites (N-methyl/N-ethyl adjacent to an activating group) is 1. The minimum atomic E-state index is -0.218. The van der Waals surface area contributed by atoms with Gasteiger partial charge in [0.1, 0.15) is 0 Å². The predicted octanol–water partition coefficient (Wildman–Crippen LogP) is 2.69. The third-order valence-corrected chi connectivity index (χ3v) is 4.88. The highest BCUT2D eigenvalue weighted by molar-refractivity contribution is 6.30. The van der Waals surface area contributed by atoms with E-state index in [4.69, 9.17) is 11.6 Å². The first-order valence-electron chi connectivity index (χ1n) is 6.85. The fourth-order valence-corrected chi connectivity index (χ4v) is 3.84. The molecule has 1 N–H and O–H groups in total. The Labute approximate surface area is 131 Å². The molecule has 2 aliphatic rings. The number of carbonyl (C=O) groups excluding carboxylic acids is 1. The molecule has 2 fully saturated rings. The van der Waals surface area contributed by atoms with Gasteiger partial charge in [0.05, 0.1) is 5.41 Å². The van der Waals surface area contributed by atoms with Gasteiger partial charge in [0.2, 0.25) is 5.91 Å². The standard InChI is InChI=1S/C15H19ClN2O.ClH/c1-18-10-13(11-3-2-4-12(16)9-11)15(14(18)19)5-7-17-8-6-15;/h2-4,9,13,17H,5-8,10H2,1H3;1H. The molecule has 1 amide bonds. The van der Waals surface area contributed by atoms with Gasteiger partial charge >= 0.3 is 0 Å². The SMILES string of the molecule is CN1CC(c2cccc(Cl)c2)C2(CCNCC2)C1=O.Cl. The molecule has 2 aliphatic heterocycles. The zero-order valence-electron chi connectivity index (χ0n) is 11.6. The second-order valence-electron chi connectivity index (χ2n) is 5.70. The first-order valence-corrected chi connectivity index (χ1v) is 7.23. The molecule has 2 saturated heterocycles. The van der Waals surface area contributed by atoms with Gasteiger partial charge in [-0.15, -0.1) is 12.4 Å². The Balaban J connectivity index is 0.00000147. The van der Waals surface area contributed by atoms with Crippen LogP contribution in [0, 0.1) is 5.41 Å². The van der Waals surface area contributed by atoms with Gasteiger partial charge in [0, 0.05) is 24.5 Å². The summed E-state index contributed by atoms with van der Waals surface area (Å²) in [6.45, 7) is 2.66. The summed E-state index contributed by atoms with van der Waals surface area (Å²) in [6, 6.07) is 7.99. The van der Waals surface area contributed by atoms with E-state index in [1.165, 1.54) is 5.56 Å². The van der Waals surface area contributed by atoms with Crippen molar-refractivity contribution in [1.29, 1.82) is 0 Å². The molecule has 3 nitrogen and oxygen atoms in total. The highest BCUT2D eigenvalue weighted by Gasteiger charge is 2.53. The third-order valence-electron chi connectivity index (χ3n) is 4.64. The molecular formula is C15H20Cl2N2O. The van der Waals surface area contributed by atoms with E-state index in [1.807, 2.05) is 30.1 Å². The Kier molecular flexibility index (Phi) is 4.62. The Morgan fingerprint density at radius 1 is 1.35 bits per heavy atom. The monoisotopic (exact) mass is 314 g/mol. The maximum atomic E-state index is 12.6. The van der Waals surface area contributed by atoms with E-state index >= 15 is 0 Å². The number of benzene rings is 1. The summed E-state index contributed by atoms with van der Waals surface area (Å²) >= 11 is 6.11. The summed E-state index contributed by atoms with van der Waals surface area (Å²) in [4.78, 5) is 14.5. The molecule has 0 bridgehead atoms.